The number of phenolic OH excluding ortho intramolecular Hbond substituents is 1. The van der Waals surface area contributed by atoms with E-state index in [0.717, 1.165) is 18.8 Å². The predicted molar refractivity (Wildman–Crippen MR) is 114 cm³/mol. The van der Waals surface area contributed by atoms with Gasteiger partial charge in [-0.1, -0.05) is 35.9 Å². The number of benzene rings is 2. The minimum atomic E-state index is -0.293. The van der Waals surface area contributed by atoms with Crippen molar-refractivity contribution in [2.75, 3.05) is 56.5 Å². The molecule has 1 saturated heterocycles. The van der Waals surface area contributed by atoms with Crippen molar-refractivity contribution < 1.29 is 14.7 Å². The lowest BCUT2D eigenvalue weighted by Gasteiger charge is -2.36. The molecule has 1 aliphatic heterocycles. The number of halogens is 1. The SMILES string of the molecule is CN(CC(=O)Nc1ccccc1Cl)C(=O)CN1CCN(c2ccccc2O)CC1. The molecule has 154 valence electrons. The summed E-state index contributed by atoms with van der Waals surface area (Å²) >= 11 is 6.04. The van der Waals surface area contributed by atoms with Gasteiger partial charge in [0.25, 0.3) is 0 Å². The normalized spacial score (nSPS) is 14.5. The third-order valence-electron chi connectivity index (χ3n) is 4.91. The molecule has 2 N–H and O–H groups in total. The van der Waals surface area contributed by atoms with Crippen molar-refractivity contribution in [2.45, 2.75) is 0 Å². The minimum absolute atomic E-state index is 0.0398. The summed E-state index contributed by atoms with van der Waals surface area (Å²) in [6.07, 6.45) is 0. The van der Waals surface area contributed by atoms with Crippen molar-refractivity contribution in [3.63, 3.8) is 0 Å². The molecule has 1 heterocycles. The van der Waals surface area contributed by atoms with Crippen molar-refractivity contribution in [1.82, 2.24) is 9.80 Å². The van der Waals surface area contributed by atoms with Gasteiger partial charge in [-0.3, -0.25) is 14.5 Å². The molecule has 1 fully saturated rings. The Kier molecular flexibility index (Phi) is 6.95. The third-order valence-corrected chi connectivity index (χ3v) is 5.24. The maximum Gasteiger partial charge on any atom is 0.244 e. The van der Waals surface area contributed by atoms with Crippen LogP contribution in [0, 0.1) is 0 Å². The molecule has 8 heteroatoms. The molecular weight excluding hydrogens is 392 g/mol. The number of nitrogens with zero attached hydrogens (tertiary/aromatic N) is 3. The molecule has 3 rings (SSSR count). The Morgan fingerprint density at radius 3 is 2.41 bits per heavy atom. The molecule has 0 saturated carbocycles. The van der Waals surface area contributed by atoms with E-state index in [2.05, 4.69) is 15.1 Å². The lowest BCUT2D eigenvalue weighted by atomic mass is 10.2. The Labute approximate surface area is 175 Å². The minimum Gasteiger partial charge on any atom is -0.506 e. The van der Waals surface area contributed by atoms with Crippen LogP contribution in [0.3, 0.4) is 0 Å². The van der Waals surface area contributed by atoms with E-state index >= 15 is 0 Å². The summed E-state index contributed by atoms with van der Waals surface area (Å²) in [5, 5.41) is 13.2. The molecule has 0 spiro atoms. The molecule has 2 amide bonds. The van der Waals surface area contributed by atoms with Crippen LogP contribution in [-0.2, 0) is 9.59 Å². The van der Waals surface area contributed by atoms with Crippen LogP contribution in [0.15, 0.2) is 48.5 Å². The monoisotopic (exact) mass is 416 g/mol. The molecule has 29 heavy (non-hydrogen) atoms. The second-order valence-electron chi connectivity index (χ2n) is 7.03. The number of anilines is 2. The van der Waals surface area contributed by atoms with Crippen LogP contribution >= 0.6 is 11.6 Å². The van der Waals surface area contributed by atoms with Gasteiger partial charge >= 0.3 is 0 Å². The molecule has 1 aliphatic rings. The molecular formula is C21H25ClN4O3. The maximum absolute atomic E-state index is 12.5. The average Bonchev–Trinajstić information content (AvgIpc) is 2.71. The van der Waals surface area contributed by atoms with Crippen LogP contribution in [0.5, 0.6) is 5.75 Å². The topological polar surface area (TPSA) is 76.1 Å². The average molecular weight is 417 g/mol. The molecule has 2 aromatic carbocycles. The Morgan fingerprint density at radius 2 is 1.72 bits per heavy atom. The number of hydrogen-bond acceptors (Lipinski definition) is 5. The number of nitrogens with one attached hydrogen (secondary N) is 1. The zero-order valence-electron chi connectivity index (χ0n) is 16.3. The van der Waals surface area contributed by atoms with Gasteiger partial charge in [0, 0.05) is 33.2 Å². The van der Waals surface area contributed by atoms with E-state index in [9.17, 15) is 14.7 Å². The van der Waals surface area contributed by atoms with Crippen LogP contribution in [0.25, 0.3) is 0 Å². The zero-order chi connectivity index (χ0) is 20.8. The Balaban J connectivity index is 1.45. The van der Waals surface area contributed by atoms with E-state index in [1.807, 2.05) is 12.1 Å². The van der Waals surface area contributed by atoms with Gasteiger partial charge in [-0.15, -0.1) is 0 Å². The summed E-state index contributed by atoms with van der Waals surface area (Å²) in [4.78, 5) is 30.3. The lowest BCUT2D eigenvalue weighted by molar-refractivity contribution is -0.134. The van der Waals surface area contributed by atoms with E-state index in [0.29, 0.717) is 23.8 Å². The molecule has 0 aromatic heterocycles. The number of piperazine rings is 1. The highest BCUT2D eigenvalue weighted by molar-refractivity contribution is 6.33. The summed E-state index contributed by atoms with van der Waals surface area (Å²) in [5.41, 5.74) is 1.34. The van der Waals surface area contributed by atoms with Gasteiger partial charge in [-0.2, -0.15) is 0 Å². The largest absolute Gasteiger partial charge is 0.506 e. The van der Waals surface area contributed by atoms with Crippen molar-refractivity contribution >= 4 is 34.8 Å². The Bertz CT molecular complexity index is 869. The highest BCUT2D eigenvalue weighted by Gasteiger charge is 2.22. The number of hydrogen-bond donors (Lipinski definition) is 2. The van der Waals surface area contributed by atoms with Crippen LogP contribution < -0.4 is 10.2 Å². The van der Waals surface area contributed by atoms with E-state index in [-0.39, 0.29) is 30.7 Å². The van der Waals surface area contributed by atoms with Crippen LogP contribution in [-0.4, -0.2) is 73.0 Å². The molecule has 0 aliphatic carbocycles. The summed E-state index contributed by atoms with van der Waals surface area (Å²) in [7, 11) is 1.62. The van der Waals surface area contributed by atoms with Gasteiger partial charge in [-0.25, -0.2) is 0 Å². The van der Waals surface area contributed by atoms with Gasteiger partial charge < -0.3 is 20.2 Å². The van der Waals surface area contributed by atoms with Crippen molar-refractivity contribution in [3.05, 3.63) is 53.6 Å². The van der Waals surface area contributed by atoms with E-state index < -0.39 is 0 Å². The summed E-state index contributed by atoms with van der Waals surface area (Å²) < 4.78 is 0. The summed E-state index contributed by atoms with van der Waals surface area (Å²) in [6, 6.07) is 14.2. The van der Waals surface area contributed by atoms with Crippen molar-refractivity contribution in [1.29, 1.82) is 0 Å². The summed E-state index contributed by atoms with van der Waals surface area (Å²) in [5.74, 6) is -0.144. The fourth-order valence-electron chi connectivity index (χ4n) is 3.25. The first kappa shape index (κ1) is 21.0. The zero-order valence-corrected chi connectivity index (χ0v) is 17.1. The van der Waals surface area contributed by atoms with Gasteiger partial charge in [0.05, 0.1) is 29.5 Å². The maximum atomic E-state index is 12.5. The number of likely N-dealkylation sites (N-methyl/N-ethyl adjacent to an activating group) is 1. The summed E-state index contributed by atoms with van der Waals surface area (Å²) in [6.45, 7) is 3.08. The van der Waals surface area contributed by atoms with Gasteiger partial charge in [0.1, 0.15) is 5.75 Å². The van der Waals surface area contributed by atoms with Crippen molar-refractivity contribution in [3.8, 4) is 5.75 Å². The van der Waals surface area contributed by atoms with Gasteiger partial charge in [-0.05, 0) is 24.3 Å². The molecule has 0 radical (unpaired) electrons. The van der Waals surface area contributed by atoms with Crippen LogP contribution in [0.4, 0.5) is 11.4 Å². The first-order valence-corrected chi connectivity index (χ1v) is 9.85. The number of rotatable bonds is 6. The smallest absolute Gasteiger partial charge is 0.244 e. The second-order valence-corrected chi connectivity index (χ2v) is 7.44. The number of carbonyl (C=O) groups excluding carboxylic acids is 2. The van der Waals surface area contributed by atoms with E-state index in [4.69, 9.17) is 11.6 Å². The first-order chi connectivity index (χ1) is 13.9. The number of carbonyl (C=O) groups is 2. The van der Waals surface area contributed by atoms with Gasteiger partial charge in [0.2, 0.25) is 11.8 Å². The number of para-hydroxylation sites is 3. The standard InChI is InChI=1S/C21H25ClN4O3/c1-24(14-20(28)23-17-7-3-2-6-16(17)22)21(29)15-25-10-12-26(13-11-25)18-8-4-5-9-19(18)27/h2-9,27H,10-15H2,1H3,(H,23,28). The molecule has 0 atom stereocenters. The molecule has 0 unspecified atom stereocenters. The number of amides is 2. The van der Waals surface area contributed by atoms with E-state index in [1.165, 1.54) is 4.90 Å². The quantitative estimate of drug-likeness (QED) is 0.755. The Hall–Kier alpha value is -2.77. The highest BCUT2D eigenvalue weighted by Crippen LogP contribution is 2.27. The third kappa shape index (κ3) is 5.62. The fraction of sp³-hybridized carbons (Fsp3) is 0.333. The predicted octanol–water partition coefficient (Wildman–Crippen LogP) is 2.26. The number of phenols is 1. The van der Waals surface area contributed by atoms with Crippen LogP contribution in [0.1, 0.15) is 0 Å². The van der Waals surface area contributed by atoms with Gasteiger partial charge in [0.15, 0.2) is 0 Å². The fourth-order valence-corrected chi connectivity index (χ4v) is 3.43. The molecule has 0 bridgehead atoms. The first-order valence-electron chi connectivity index (χ1n) is 9.47. The highest BCUT2D eigenvalue weighted by atomic mass is 35.5. The van der Waals surface area contributed by atoms with E-state index in [1.54, 1.807) is 43.4 Å². The molecule has 7 nitrogen and oxygen atoms in total. The number of aromatic hydroxyl groups is 1. The Morgan fingerprint density at radius 1 is 1.07 bits per heavy atom. The molecule has 2 aromatic rings. The lowest BCUT2D eigenvalue weighted by Crippen LogP contribution is -2.50. The second kappa shape index (κ2) is 9.62. The van der Waals surface area contributed by atoms with Crippen LogP contribution in [0.2, 0.25) is 5.02 Å². The van der Waals surface area contributed by atoms with Crippen molar-refractivity contribution in [2.24, 2.45) is 0 Å².